The van der Waals surface area contributed by atoms with E-state index in [0.29, 0.717) is 5.92 Å². The molecule has 0 amide bonds. The molecule has 4 heteroatoms. The number of methoxy groups -OCH3 is 1. The highest BCUT2D eigenvalue weighted by atomic mass is 16.5. The van der Waals surface area contributed by atoms with E-state index < -0.39 is 0 Å². The van der Waals surface area contributed by atoms with Crippen molar-refractivity contribution in [3.05, 3.63) is 60.2 Å². The van der Waals surface area contributed by atoms with Gasteiger partial charge < -0.3 is 19.5 Å². The second kappa shape index (κ2) is 9.60. The number of nitrogens with zero attached hydrogens (tertiary/aromatic N) is 1. The standard InChI is InChI=1S/C22H29NO3/c1-25-20-8-10-21(11-9-20)26-17-5-14-23-15-12-19(13-16-23)22(24)18-6-3-2-4-7-18/h2-4,6-11,19,22,24H,5,12-17H2,1H3. The van der Waals surface area contributed by atoms with Gasteiger partial charge in [-0.25, -0.2) is 0 Å². The van der Waals surface area contributed by atoms with Crippen molar-refractivity contribution in [1.29, 1.82) is 0 Å². The van der Waals surface area contributed by atoms with Gasteiger partial charge in [-0.3, -0.25) is 0 Å². The third-order valence-corrected chi connectivity index (χ3v) is 5.17. The first-order valence-corrected chi connectivity index (χ1v) is 9.48. The molecule has 0 saturated carbocycles. The van der Waals surface area contributed by atoms with Crippen LogP contribution in [0.15, 0.2) is 54.6 Å². The molecular weight excluding hydrogens is 326 g/mol. The van der Waals surface area contributed by atoms with E-state index in [9.17, 15) is 5.11 Å². The maximum absolute atomic E-state index is 10.6. The Labute approximate surface area is 156 Å². The molecule has 1 aliphatic heterocycles. The van der Waals surface area contributed by atoms with E-state index in [2.05, 4.69) is 4.90 Å². The largest absolute Gasteiger partial charge is 0.497 e. The molecule has 1 heterocycles. The van der Waals surface area contributed by atoms with Crippen molar-refractivity contribution in [2.24, 2.45) is 5.92 Å². The predicted octanol–water partition coefficient (Wildman–Crippen LogP) is 3.91. The minimum absolute atomic E-state index is 0.336. The molecule has 1 atom stereocenters. The van der Waals surface area contributed by atoms with Gasteiger partial charge in [-0.15, -0.1) is 0 Å². The Kier molecular flexibility index (Phi) is 6.92. The highest BCUT2D eigenvalue weighted by Crippen LogP contribution is 2.30. The van der Waals surface area contributed by atoms with E-state index >= 15 is 0 Å². The Bertz CT molecular complexity index is 636. The molecule has 0 spiro atoms. The minimum atomic E-state index is -0.336. The van der Waals surface area contributed by atoms with E-state index in [0.717, 1.165) is 62.6 Å². The van der Waals surface area contributed by atoms with E-state index in [-0.39, 0.29) is 6.10 Å². The number of likely N-dealkylation sites (tertiary alicyclic amines) is 1. The summed E-state index contributed by atoms with van der Waals surface area (Å²) in [5.41, 5.74) is 1.04. The van der Waals surface area contributed by atoms with Gasteiger partial charge >= 0.3 is 0 Å². The van der Waals surface area contributed by atoms with Gasteiger partial charge in [-0.1, -0.05) is 30.3 Å². The fourth-order valence-electron chi connectivity index (χ4n) is 3.56. The lowest BCUT2D eigenvalue weighted by atomic mass is 9.87. The van der Waals surface area contributed by atoms with Crippen molar-refractivity contribution in [3.8, 4) is 11.5 Å². The van der Waals surface area contributed by atoms with Gasteiger partial charge in [0.1, 0.15) is 11.5 Å². The monoisotopic (exact) mass is 355 g/mol. The Balaban J connectivity index is 1.34. The molecule has 4 nitrogen and oxygen atoms in total. The number of rotatable bonds is 8. The van der Waals surface area contributed by atoms with Gasteiger partial charge in [0.15, 0.2) is 0 Å². The van der Waals surface area contributed by atoms with Crippen LogP contribution in [0.2, 0.25) is 0 Å². The second-order valence-corrected chi connectivity index (χ2v) is 6.91. The third kappa shape index (κ3) is 5.23. The number of benzene rings is 2. The highest BCUT2D eigenvalue weighted by molar-refractivity contribution is 5.31. The number of hydrogen-bond donors (Lipinski definition) is 1. The fourth-order valence-corrected chi connectivity index (χ4v) is 3.56. The zero-order valence-electron chi connectivity index (χ0n) is 15.5. The Morgan fingerprint density at radius 2 is 1.65 bits per heavy atom. The van der Waals surface area contributed by atoms with Crippen LogP contribution in [-0.2, 0) is 0 Å². The molecule has 1 aliphatic rings. The maximum Gasteiger partial charge on any atom is 0.119 e. The molecule has 2 aromatic carbocycles. The van der Waals surface area contributed by atoms with Crippen molar-refractivity contribution in [3.63, 3.8) is 0 Å². The van der Waals surface area contributed by atoms with Crippen LogP contribution in [0.3, 0.4) is 0 Å². The van der Waals surface area contributed by atoms with Crippen LogP contribution >= 0.6 is 0 Å². The van der Waals surface area contributed by atoms with Gasteiger partial charge in [0.25, 0.3) is 0 Å². The summed E-state index contributed by atoms with van der Waals surface area (Å²) in [6.45, 7) is 3.87. The first kappa shape index (κ1) is 18.7. The lowest BCUT2D eigenvalue weighted by molar-refractivity contribution is 0.0575. The summed E-state index contributed by atoms with van der Waals surface area (Å²) in [4.78, 5) is 2.48. The quantitative estimate of drug-likeness (QED) is 0.729. The topological polar surface area (TPSA) is 41.9 Å². The van der Waals surface area contributed by atoms with E-state index in [1.165, 1.54) is 0 Å². The molecule has 1 N–H and O–H groups in total. The summed E-state index contributed by atoms with van der Waals surface area (Å²) in [7, 11) is 1.66. The van der Waals surface area contributed by atoms with Crippen LogP contribution in [0, 0.1) is 5.92 Å². The van der Waals surface area contributed by atoms with Gasteiger partial charge in [0, 0.05) is 6.54 Å². The van der Waals surface area contributed by atoms with Crippen LogP contribution in [-0.4, -0.2) is 43.4 Å². The van der Waals surface area contributed by atoms with Crippen molar-refractivity contribution >= 4 is 0 Å². The van der Waals surface area contributed by atoms with Crippen molar-refractivity contribution < 1.29 is 14.6 Å². The molecule has 1 saturated heterocycles. The number of aliphatic hydroxyl groups is 1. The average Bonchev–Trinajstić information content (AvgIpc) is 2.72. The predicted molar refractivity (Wildman–Crippen MR) is 104 cm³/mol. The summed E-state index contributed by atoms with van der Waals surface area (Å²) in [5, 5.41) is 10.6. The third-order valence-electron chi connectivity index (χ3n) is 5.17. The smallest absolute Gasteiger partial charge is 0.119 e. The summed E-state index contributed by atoms with van der Waals surface area (Å²) in [6.07, 6.45) is 2.78. The highest BCUT2D eigenvalue weighted by Gasteiger charge is 2.25. The number of hydrogen-bond acceptors (Lipinski definition) is 4. The Hall–Kier alpha value is -2.04. The van der Waals surface area contributed by atoms with Crippen LogP contribution in [0.1, 0.15) is 30.9 Å². The summed E-state index contributed by atoms with van der Waals surface area (Å²) < 4.78 is 10.9. The number of piperidine rings is 1. The van der Waals surface area contributed by atoms with Crippen LogP contribution in [0.5, 0.6) is 11.5 Å². The zero-order valence-corrected chi connectivity index (χ0v) is 15.5. The fraction of sp³-hybridized carbons (Fsp3) is 0.455. The number of aliphatic hydroxyl groups excluding tert-OH is 1. The van der Waals surface area contributed by atoms with Gasteiger partial charge in [0.2, 0.25) is 0 Å². The van der Waals surface area contributed by atoms with Crippen LogP contribution in [0.25, 0.3) is 0 Å². The number of ether oxygens (including phenoxy) is 2. The molecule has 1 unspecified atom stereocenters. The van der Waals surface area contributed by atoms with Crippen molar-refractivity contribution in [2.45, 2.75) is 25.4 Å². The first-order valence-electron chi connectivity index (χ1n) is 9.48. The summed E-state index contributed by atoms with van der Waals surface area (Å²) in [6, 6.07) is 17.7. The molecule has 26 heavy (non-hydrogen) atoms. The summed E-state index contributed by atoms with van der Waals surface area (Å²) >= 11 is 0. The SMILES string of the molecule is COc1ccc(OCCCN2CCC(C(O)c3ccccc3)CC2)cc1. The van der Waals surface area contributed by atoms with E-state index in [1.54, 1.807) is 7.11 Å². The van der Waals surface area contributed by atoms with Gasteiger partial charge in [-0.05, 0) is 68.1 Å². The van der Waals surface area contributed by atoms with E-state index in [1.807, 2.05) is 54.6 Å². The lowest BCUT2D eigenvalue weighted by Crippen LogP contribution is -2.36. The zero-order chi connectivity index (χ0) is 18.2. The average molecular weight is 355 g/mol. The minimum Gasteiger partial charge on any atom is -0.497 e. The van der Waals surface area contributed by atoms with Crippen molar-refractivity contribution in [2.75, 3.05) is 33.4 Å². The molecule has 140 valence electrons. The molecule has 0 aliphatic carbocycles. The summed E-state index contributed by atoms with van der Waals surface area (Å²) in [5.74, 6) is 2.10. The molecular formula is C22H29NO3. The lowest BCUT2D eigenvalue weighted by Gasteiger charge is -2.34. The molecule has 0 bridgehead atoms. The van der Waals surface area contributed by atoms with Crippen LogP contribution in [0.4, 0.5) is 0 Å². The first-order chi connectivity index (χ1) is 12.8. The molecule has 2 aromatic rings. The van der Waals surface area contributed by atoms with Crippen LogP contribution < -0.4 is 9.47 Å². The molecule has 0 aromatic heterocycles. The maximum atomic E-state index is 10.6. The second-order valence-electron chi connectivity index (χ2n) is 6.91. The Morgan fingerprint density at radius 3 is 2.31 bits per heavy atom. The molecule has 3 rings (SSSR count). The normalized spacial score (nSPS) is 17.0. The van der Waals surface area contributed by atoms with Crippen molar-refractivity contribution in [1.82, 2.24) is 4.90 Å². The molecule has 1 fully saturated rings. The van der Waals surface area contributed by atoms with E-state index in [4.69, 9.17) is 9.47 Å². The molecule has 0 radical (unpaired) electrons. The van der Waals surface area contributed by atoms with Gasteiger partial charge in [-0.2, -0.15) is 0 Å². The Morgan fingerprint density at radius 1 is 1.00 bits per heavy atom. The van der Waals surface area contributed by atoms with Gasteiger partial charge in [0.05, 0.1) is 19.8 Å².